The summed E-state index contributed by atoms with van der Waals surface area (Å²) in [6, 6.07) is 1.37. The number of carbonyl (C=O) groups is 2. The van der Waals surface area contributed by atoms with Crippen molar-refractivity contribution in [1.82, 2.24) is 4.98 Å². The lowest BCUT2D eigenvalue weighted by Crippen LogP contribution is -2.18. The van der Waals surface area contributed by atoms with E-state index in [1.807, 2.05) is 0 Å². The molecule has 0 saturated carbocycles. The molecule has 1 heterocycles. The Labute approximate surface area is 87.1 Å². The van der Waals surface area contributed by atoms with Gasteiger partial charge in [0.05, 0.1) is 17.4 Å². The molecular weight excluding hydrogens is 196 g/mol. The fraction of sp³-hybridized carbons (Fsp3) is 0.300. The zero-order valence-corrected chi connectivity index (χ0v) is 8.52. The van der Waals surface area contributed by atoms with Crippen LogP contribution in [0.4, 0.5) is 5.69 Å². The summed E-state index contributed by atoms with van der Waals surface area (Å²) in [6.07, 6.45) is 2.64. The normalized spacial score (nSPS) is 10.1. The number of nitrogens with one attached hydrogen (secondary N) is 1. The van der Waals surface area contributed by atoms with Gasteiger partial charge in [0.25, 0.3) is 0 Å². The summed E-state index contributed by atoms with van der Waals surface area (Å²) < 4.78 is 0. The Bertz CT molecular complexity index is 388. The number of hydrogen-bond donors (Lipinski definition) is 2. The number of aromatic nitrogens is 1. The van der Waals surface area contributed by atoms with Crippen LogP contribution in [0.2, 0.25) is 0 Å². The van der Waals surface area contributed by atoms with Gasteiger partial charge < -0.3 is 10.4 Å². The average molecular weight is 208 g/mol. The topological polar surface area (TPSA) is 79.3 Å². The molecule has 15 heavy (non-hydrogen) atoms. The number of carbonyl (C=O) groups excluding carboxylic acids is 1. The zero-order valence-electron chi connectivity index (χ0n) is 8.52. The smallest absolute Gasteiger partial charge is 0.337 e. The van der Waals surface area contributed by atoms with E-state index in [-0.39, 0.29) is 17.4 Å². The largest absolute Gasteiger partial charge is 0.478 e. The number of rotatable bonds is 3. The highest BCUT2D eigenvalue weighted by Gasteiger charge is 2.09. The summed E-state index contributed by atoms with van der Waals surface area (Å²) in [4.78, 5) is 25.6. The predicted molar refractivity (Wildman–Crippen MR) is 54.7 cm³/mol. The SMILES string of the molecule is CC(C)C(=O)Nc1cncc(C(=O)O)c1. The van der Waals surface area contributed by atoms with Crippen LogP contribution >= 0.6 is 0 Å². The second kappa shape index (κ2) is 4.54. The van der Waals surface area contributed by atoms with Crippen LogP contribution in [0, 0.1) is 5.92 Å². The van der Waals surface area contributed by atoms with E-state index < -0.39 is 5.97 Å². The number of pyridine rings is 1. The molecular formula is C10H12N2O3. The van der Waals surface area contributed by atoms with Gasteiger partial charge in [-0.05, 0) is 6.07 Å². The van der Waals surface area contributed by atoms with Crippen molar-refractivity contribution in [2.24, 2.45) is 5.92 Å². The third-order valence-electron chi connectivity index (χ3n) is 1.78. The molecule has 0 aromatic carbocycles. The molecule has 0 saturated heterocycles. The van der Waals surface area contributed by atoms with Gasteiger partial charge in [-0.2, -0.15) is 0 Å². The minimum Gasteiger partial charge on any atom is -0.478 e. The van der Waals surface area contributed by atoms with Gasteiger partial charge in [-0.3, -0.25) is 9.78 Å². The molecule has 1 aromatic heterocycles. The summed E-state index contributed by atoms with van der Waals surface area (Å²) >= 11 is 0. The minimum atomic E-state index is -1.07. The fourth-order valence-electron chi connectivity index (χ4n) is 0.912. The first-order valence-corrected chi connectivity index (χ1v) is 4.50. The highest BCUT2D eigenvalue weighted by Crippen LogP contribution is 2.09. The van der Waals surface area contributed by atoms with Crippen LogP contribution in [0.15, 0.2) is 18.5 Å². The van der Waals surface area contributed by atoms with Crippen molar-refractivity contribution in [3.8, 4) is 0 Å². The number of amides is 1. The van der Waals surface area contributed by atoms with Crippen LogP contribution in [0.25, 0.3) is 0 Å². The molecule has 1 aromatic rings. The highest BCUT2D eigenvalue weighted by molar-refractivity contribution is 5.94. The second-order valence-corrected chi connectivity index (χ2v) is 3.41. The number of hydrogen-bond acceptors (Lipinski definition) is 3. The van der Waals surface area contributed by atoms with Gasteiger partial charge in [-0.1, -0.05) is 13.8 Å². The van der Waals surface area contributed by atoms with E-state index in [1.165, 1.54) is 18.5 Å². The van der Waals surface area contributed by atoms with Gasteiger partial charge >= 0.3 is 5.97 Å². The van der Waals surface area contributed by atoms with Crippen molar-refractivity contribution in [2.75, 3.05) is 5.32 Å². The molecule has 0 fully saturated rings. The first-order chi connectivity index (χ1) is 7.00. The Kier molecular flexibility index (Phi) is 3.38. The molecule has 0 bridgehead atoms. The van der Waals surface area contributed by atoms with E-state index >= 15 is 0 Å². The van der Waals surface area contributed by atoms with E-state index in [0.29, 0.717) is 5.69 Å². The van der Waals surface area contributed by atoms with Crippen LogP contribution in [-0.4, -0.2) is 22.0 Å². The molecule has 1 rings (SSSR count). The maximum absolute atomic E-state index is 11.3. The number of anilines is 1. The van der Waals surface area contributed by atoms with E-state index in [4.69, 9.17) is 5.11 Å². The van der Waals surface area contributed by atoms with Crippen LogP contribution in [-0.2, 0) is 4.79 Å². The number of carboxylic acid groups (broad SMARTS) is 1. The van der Waals surface area contributed by atoms with Gasteiger partial charge in [0.15, 0.2) is 0 Å². The number of nitrogens with zero attached hydrogens (tertiary/aromatic N) is 1. The third kappa shape index (κ3) is 3.05. The van der Waals surface area contributed by atoms with E-state index in [2.05, 4.69) is 10.3 Å². The Balaban J connectivity index is 2.83. The number of aromatic carboxylic acids is 1. The maximum Gasteiger partial charge on any atom is 0.337 e. The first kappa shape index (κ1) is 11.2. The molecule has 5 nitrogen and oxygen atoms in total. The maximum atomic E-state index is 11.3. The average Bonchev–Trinajstić information content (AvgIpc) is 2.18. The number of carboxylic acids is 1. The third-order valence-corrected chi connectivity index (χ3v) is 1.78. The lowest BCUT2D eigenvalue weighted by molar-refractivity contribution is -0.118. The first-order valence-electron chi connectivity index (χ1n) is 4.50. The molecule has 0 aliphatic carbocycles. The Morgan fingerprint density at radius 1 is 1.40 bits per heavy atom. The van der Waals surface area contributed by atoms with Crippen molar-refractivity contribution in [3.05, 3.63) is 24.0 Å². The summed E-state index contributed by atoms with van der Waals surface area (Å²) in [7, 11) is 0. The van der Waals surface area contributed by atoms with Crippen LogP contribution in [0.5, 0.6) is 0 Å². The van der Waals surface area contributed by atoms with Crippen LogP contribution in [0.3, 0.4) is 0 Å². The summed E-state index contributed by atoms with van der Waals surface area (Å²) in [5.41, 5.74) is 0.449. The van der Waals surface area contributed by atoms with Crippen molar-refractivity contribution in [2.45, 2.75) is 13.8 Å². The van der Waals surface area contributed by atoms with Gasteiger partial charge in [0, 0.05) is 12.1 Å². The monoisotopic (exact) mass is 208 g/mol. The molecule has 0 aliphatic heterocycles. The lowest BCUT2D eigenvalue weighted by atomic mass is 10.2. The molecule has 0 radical (unpaired) electrons. The summed E-state index contributed by atoms with van der Waals surface area (Å²) in [5, 5.41) is 11.3. The quantitative estimate of drug-likeness (QED) is 0.786. The molecule has 2 N–H and O–H groups in total. The molecule has 0 unspecified atom stereocenters. The Morgan fingerprint density at radius 2 is 2.07 bits per heavy atom. The van der Waals surface area contributed by atoms with Gasteiger partial charge in [0.2, 0.25) is 5.91 Å². The summed E-state index contributed by atoms with van der Waals surface area (Å²) in [6.45, 7) is 3.51. The minimum absolute atomic E-state index is 0.0524. The standard InChI is InChI=1S/C10H12N2O3/c1-6(2)9(13)12-8-3-7(10(14)15)4-11-5-8/h3-6H,1-2H3,(H,12,13)(H,14,15). The van der Waals surface area contributed by atoms with Crippen molar-refractivity contribution >= 4 is 17.6 Å². The molecule has 0 atom stereocenters. The predicted octanol–water partition coefficient (Wildman–Crippen LogP) is 1.37. The van der Waals surface area contributed by atoms with Crippen molar-refractivity contribution in [1.29, 1.82) is 0 Å². The molecule has 5 heteroatoms. The Hall–Kier alpha value is -1.91. The molecule has 80 valence electrons. The van der Waals surface area contributed by atoms with Gasteiger partial charge in [-0.25, -0.2) is 4.79 Å². The van der Waals surface area contributed by atoms with Gasteiger partial charge in [-0.15, -0.1) is 0 Å². The highest BCUT2D eigenvalue weighted by atomic mass is 16.4. The van der Waals surface area contributed by atoms with E-state index in [9.17, 15) is 9.59 Å². The second-order valence-electron chi connectivity index (χ2n) is 3.41. The van der Waals surface area contributed by atoms with E-state index in [1.54, 1.807) is 13.8 Å². The lowest BCUT2D eigenvalue weighted by Gasteiger charge is -2.07. The molecule has 0 spiro atoms. The van der Waals surface area contributed by atoms with Crippen molar-refractivity contribution in [3.63, 3.8) is 0 Å². The van der Waals surface area contributed by atoms with Gasteiger partial charge in [0.1, 0.15) is 0 Å². The van der Waals surface area contributed by atoms with Crippen LogP contribution in [0.1, 0.15) is 24.2 Å². The molecule has 1 amide bonds. The summed E-state index contributed by atoms with van der Waals surface area (Å²) in [5.74, 6) is -1.39. The zero-order chi connectivity index (χ0) is 11.4. The Morgan fingerprint density at radius 3 is 2.60 bits per heavy atom. The fourth-order valence-corrected chi connectivity index (χ4v) is 0.912. The van der Waals surface area contributed by atoms with E-state index in [0.717, 1.165) is 0 Å². The van der Waals surface area contributed by atoms with Crippen LogP contribution < -0.4 is 5.32 Å². The molecule has 0 aliphatic rings. The van der Waals surface area contributed by atoms with Crippen molar-refractivity contribution < 1.29 is 14.7 Å².